The largest absolute Gasteiger partial charge is 0.372 e. The Morgan fingerprint density at radius 1 is 1.14 bits per heavy atom. The van der Waals surface area contributed by atoms with E-state index < -0.39 is 0 Å². The Balaban J connectivity index is 1.96. The molecule has 14 heavy (non-hydrogen) atoms. The number of ether oxygens (including phenoxy) is 2. The lowest BCUT2D eigenvalue weighted by Crippen LogP contribution is -2.57. The van der Waals surface area contributed by atoms with Crippen LogP contribution < -0.4 is 0 Å². The zero-order chi connectivity index (χ0) is 10.4. The van der Waals surface area contributed by atoms with Crippen LogP contribution in [0.25, 0.3) is 0 Å². The molecule has 3 nitrogen and oxygen atoms in total. The van der Waals surface area contributed by atoms with Gasteiger partial charge in [0.2, 0.25) is 0 Å². The summed E-state index contributed by atoms with van der Waals surface area (Å²) in [4.78, 5) is 2.46. The van der Waals surface area contributed by atoms with Crippen molar-refractivity contribution in [3.05, 3.63) is 0 Å². The van der Waals surface area contributed by atoms with Crippen molar-refractivity contribution in [3.8, 4) is 0 Å². The summed E-state index contributed by atoms with van der Waals surface area (Å²) in [6.45, 7) is 12.7. The first-order chi connectivity index (χ1) is 6.36. The molecule has 2 aliphatic heterocycles. The Morgan fingerprint density at radius 3 is 2.07 bits per heavy atom. The van der Waals surface area contributed by atoms with Gasteiger partial charge in [0.25, 0.3) is 0 Å². The lowest BCUT2D eigenvalue weighted by molar-refractivity contribution is -0.180. The first-order valence-corrected chi connectivity index (χ1v) is 5.40. The molecule has 2 fully saturated rings. The maximum Gasteiger partial charge on any atom is 0.0936 e. The van der Waals surface area contributed by atoms with Gasteiger partial charge in [-0.05, 0) is 27.7 Å². The third kappa shape index (κ3) is 2.69. The van der Waals surface area contributed by atoms with Crippen molar-refractivity contribution < 1.29 is 9.47 Å². The molecule has 0 radical (unpaired) electrons. The number of nitrogens with zero attached hydrogens (tertiary/aromatic N) is 1. The van der Waals surface area contributed by atoms with Gasteiger partial charge in [0, 0.05) is 19.6 Å². The molecule has 3 heteroatoms. The Labute approximate surface area is 86.4 Å². The van der Waals surface area contributed by atoms with E-state index in [4.69, 9.17) is 9.47 Å². The van der Waals surface area contributed by atoms with Crippen molar-refractivity contribution in [1.82, 2.24) is 4.90 Å². The highest BCUT2D eigenvalue weighted by Gasteiger charge is 2.39. The minimum atomic E-state index is -0.0311. The average Bonchev–Trinajstić information content (AvgIpc) is 2.62. The van der Waals surface area contributed by atoms with Crippen molar-refractivity contribution in [3.63, 3.8) is 0 Å². The third-order valence-electron chi connectivity index (χ3n) is 2.63. The van der Waals surface area contributed by atoms with Gasteiger partial charge in [-0.2, -0.15) is 0 Å². The molecule has 0 unspecified atom stereocenters. The molecule has 1 atom stereocenters. The number of hydrogen-bond donors (Lipinski definition) is 0. The van der Waals surface area contributed by atoms with Crippen LogP contribution in [0, 0.1) is 0 Å². The minimum Gasteiger partial charge on any atom is -0.372 e. The molecule has 82 valence electrons. The quantitative estimate of drug-likeness (QED) is 0.626. The van der Waals surface area contributed by atoms with Gasteiger partial charge in [-0.25, -0.2) is 0 Å². The summed E-state index contributed by atoms with van der Waals surface area (Å²) in [5.74, 6) is 0. The molecule has 0 N–H and O–H groups in total. The second-order valence-electron chi connectivity index (χ2n) is 5.75. The highest BCUT2D eigenvalue weighted by molar-refractivity contribution is 4.91. The average molecular weight is 199 g/mol. The van der Waals surface area contributed by atoms with E-state index in [0.717, 1.165) is 26.2 Å². The molecule has 2 aliphatic rings. The van der Waals surface area contributed by atoms with Gasteiger partial charge in [0.05, 0.1) is 23.9 Å². The minimum absolute atomic E-state index is 0.0311. The second kappa shape index (κ2) is 3.19. The Hall–Kier alpha value is -0.120. The first kappa shape index (κ1) is 10.4. The molecular formula is C11H21NO2. The predicted octanol–water partition coefficient (Wildman–Crippen LogP) is 1.27. The maximum absolute atomic E-state index is 6.01. The zero-order valence-electron chi connectivity index (χ0n) is 9.67. The van der Waals surface area contributed by atoms with Crippen LogP contribution in [0.15, 0.2) is 0 Å². The topological polar surface area (TPSA) is 25.0 Å². The molecule has 0 saturated carbocycles. The van der Waals surface area contributed by atoms with E-state index in [1.165, 1.54) is 0 Å². The van der Waals surface area contributed by atoms with Crippen LogP contribution in [0.5, 0.6) is 0 Å². The van der Waals surface area contributed by atoms with Crippen LogP contribution >= 0.6 is 0 Å². The summed E-state index contributed by atoms with van der Waals surface area (Å²) < 4.78 is 11.3. The van der Waals surface area contributed by atoms with Gasteiger partial charge >= 0.3 is 0 Å². The van der Waals surface area contributed by atoms with Gasteiger partial charge in [-0.3, -0.25) is 4.90 Å². The summed E-state index contributed by atoms with van der Waals surface area (Å²) in [6, 6.07) is 0. The monoisotopic (exact) mass is 199 g/mol. The molecular weight excluding hydrogens is 178 g/mol. The summed E-state index contributed by atoms with van der Waals surface area (Å²) in [5.41, 5.74) is -0.0622. The molecule has 0 amide bonds. The molecule has 0 spiro atoms. The lowest BCUT2D eigenvalue weighted by Gasteiger charge is -2.47. The van der Waals surface area contributed by atoms with E-state index in [1.54, 1.807) is 0 Å². The van der Waals surface area contributed by atoms with Crippen molar-refractivity contribution >= 4 is 0 Å². The maximum atomic E-state index is 6.01. The van der Waals surface area contributed by atoms with Crippen LogP contribution in [0.3, 0.4) is 0 Å². The molecule has 2 heterocycles. The Bertz CT molecular complexity index is 205. The standard InChI is InChI=1S/C11H21NO2/c1-10(2)7-12(5-9-6-13-9)8-11(3,4)14-10/h9H,5-8H2,1-4H3/t9-/m0/s1. The summed E-state index contributed by atoms with van der Waals surface area (Å²) in [7, 11) is 0. The fourth-order valence-corrected chi connectivity index (χ4v) is 2.54. The van der Waals surface area contributed by atoms with E-state index in [-0.39, 0.29) is 11.2 Å². The summed E-state index contributed by atoms with van der Waals surface area (Å²) >= 11 is 0. The molecule has 0 aromatic carbocycles. The van der Waals surface area contributed by atoms with Crippen LogP contribution in [0.4, 0.5) is 0 Å². The van der Waals surface area contributed by atoms with Crippen LogP contribution in [0.1, 0.15) is 27.7 Å². The van der Waals surface area contributed by atoms with Gasteiger partial charge in [0.1, 0.15) is 0 Å². The van der Waals surface area contributed by atoms with Crippen LogP contribution in [-0.2, 0) is 9.47 Å². The first-order valence-electron chi connectivity index (χ1n) is 5.40. The normalized spacial score (nSPS) is 35.6. The fourth-order valence-electron chi connectivity index (χ4n) is 2.54. The zero-order valence-corrected chi connectivity index (χ0v) is 9.67. The van der Waals surface area contributed by atoms with Crippen LogP contribution in [-0.4, -0.2) is 48.4 Å². The van der Waals surface area contributed by atoms with Gasteiger partial charge in [0.15, 0.2) is 0 Å². The summed E-state index contributed by atoms with van der Waals surface area (Å²) in [6.07, 6.45) is 0.486. The lowest BCUT2D eigenvalue weighted by atomic mass is 9.99. The van der Waals surface area contributed by atoms with Crippen LogP contribution in [0.2, 0.25) is 0 Å². The number of morpholine rings is 1. The molecule has 2 rings (SSSR count). The summed E-state index contributed by atoms with van der Waals surface area (Å²) in [5, 5.41) is 0. The molecule has 0 bridgehead atoms. The van der Waals surface area contributed by atoms with Gasteiger partial charge in [-0.1, -0.05) is 0 Å². The van der Waals surface area contributed by atoms with E-state index in [1.807, 2.05) is 0 Å². The van der Waals surface area contributed by atoms with E-state index in [0.29, 0.717) is 6.10 Å². The third-order valence-corrected chi connectivity index (χ3v) is 2.63. The fraction of sp³-hybridized carbons (Fsp3) is 1.00. The second-order valence-corrected chi connectivity index (χ2v) is 5.75. The van der Waals surface area contributed by atoms with Crippen molar-refractivity contribution in [2.24, 2.45) is 0 Å². The number of rotatable bonds is 2. The molecule has 0 aliphatic carbocycles. The molecule has 0 aromatic rings. The number of hydrogen-bond acceptors (Lipinski definition) is 3. The van der Waals surface area contributed by atoms with E-state index in [9.17, 15) is 0 Å². The van der Waals surface area contributed by atoms with E-state index >= 15 is 0 Å². The SMILES string of the molecule is CC1(C)CN(C[C@H]2CO2)CC(C)(C)O1. The predicted molar refractivity (Wildman–Crippen MR) is 55.4 cm³/mol. The van der Waals surface area contributed by atoms with E-state index in [2.05, 4.69) is 32.6 Å². The van der Waals surface area contributed by atoms with Crippen molar-refractivity contribution in [1.29, 1.82) is 0 Å². The van der Waals surface area contributed by atoms with Gasteiger partial charge in [-0.15, -0.1) is 0 Å². The van der Waals surface area contributed by atoms with Gasteiger partial charge < -0.3 is 9.47 Å². The Kier molecular flexibility index (Phi) is 2.37. The Morgan fingerprint density at radius 2 is 1.64 bits per heavy atom. The molecule has 2 saturated heterocycles. The highest BCUT2D eigenvalue weighted by atomic mass is 16.6. The highest BCUT2D eigenvalue weighted by Crippen LogP contribution is 2.28. The smallest absolute Gasteiger partial charge is 0.0936 e. The van der Waals surface area contributed by atoms with Crippen molar-refractivity contribution in [2.75, 3.05) is 26.2 Å². The number of epoxide rings is 1. The van der Waals surface area contributed by atoms with Crippen molar-refractivity contribution in [2.45, 2.75) is 45.0 Å². The molecule has 0 aromatic heterocycles.